The highest BCUT2D eigenvalue weighted by Crippen LogP contribution is 2.33. The van der Waals surface area contributed by atoms with Crippen LogP contribution in [0.15, 0.2) is 23.4 Å². The van der Waals surface area contributed by atoms with Gasteiger partial charge in [-0.3, -0.25) is 4.79 Å². The molecule has 1 aromatic carbocycles. The molecular weight excluding hydrogens is 206 g/mol. The van der Waals surface area contributed by atoms with Crippen molar-refractivity contribution in [3.05, 3.63) is 23.1 Å². The van der Waals surface area contributed by atoms with Crippen LogP contribution in [0.5, 0.6) is 0 Å². The first-order chi connectivity index (χ1) is 7.54. The summed E-state index contributed by atoms with van der Waals surface area (Å²) in [5, 5.41) is 8.61. The van der Waals surface area contributed by atoms with E-state index in [2.05, 4.69) is 15.8 Å². The number of carbonyl (C=O) groups is 1. The quantitative estimate of drug-likeness (QED) is 0.768. The molecule has 5 nitrogen and oxygen atoms in total. The number of rotatable bonds is 4. The van der Waals surface area contributed by atoms with E-state index in [-0.39, 0.29) is 17.6 Å². The van der Waals surface area contributed by atoms with Crippen LogP contribution in [0.1, 0.15) is 20.8 Å². The Bertz CT molecular complexity index is 402. The smallest absolute Gasteiger partial charge is 0.221 e. The molecule has 0 heterocycles. The second-order valence-corrected chi connectivity index (χ2v) is 3.77. The molecule has 0 unspecified atom stereocenters. The molecule has 86 valence electrons. The predicted molar refractivity (Wildman–Crippen MR) is 65.0 cm³/mol. The molecule has 0 aliphatic rings. The van der Waals surface area contributed by atoms with E-state index in [0.717, 1.165) is 0 Å². The maximum absolute atomic E-state index is 10.9. The number of nitrogens with zero attached hydrogens (tertiary/aromatic N) is 1. The standard InChI is InChI=1S/C11H15N3O2/c1-7(2)12-9-5-4-6-10(11(9)14-16)13-8(3)15/h4-7,12H,1-3H3,(H,13,15). The van der Waals surface area contributed by atoms with Crippen LogP contribution in [0, 0.1) is 4.91 Å². The molecule has 5 heteroatoms. The minimum Gasteiger partial charge on any atom is -0.381 e. The normalized spacial score (nSPS) is 10.0. The Morgan fingerprint density at radius 1 is 1.31 bits per heavy atom. The zero-order valence-corrected chi connectivity index (χ0v) is 9.57. The lowest BCUT2D eigenvalue weighted by Crippen LogP contribution is -2.11. The summed E-state index contributed by atoms with van der Waals surface area (Å²) < 4.78 is 0. The minimum absolute atomic E-state index is 0.188. The molecule has 16 heavy (non-hydrogen) atoms. The van der Waals surface area contributed by atoms with E-state index < -0.39 is 0 Å². The van der Waals surface area contributed by atoms with E-state index in [1.165, 1.54) is 6.92 Å². The third-order valence-corrected chi connectivity index (χ3v) is 1.88. The van der Waals surface area contributed by atoms with Gasteiger partial charge in [-0.2, -0.15) is 0 Å². The van der Waals surface area contributed by atoms with Gasteiger partial charge in [-0.25, -0.2) is 0 Å². The minimum atomic E-state index is -0.230. The Balaban J connectivity index is 3.09. The lowest BCUT2D eigenvalue weighted by molar-refractivity contribution is -0.114. The molecule has 1 aromatic rings. The fourth-order valence-electron chi connectivity index (χ4n) is 1.36. The van der Waals surface area contributed by atoms with Gasteiger partial charge >= 0.3 is 0 Å². The van der Waals surface area contributed by atoms with Crippen LogP contribution in [-0.2, 0) is 4.79 Å². The number of benzene rings is 1. The largest absolute Gasteiger partial charge is 0.381 e. The van der Waals surface area contributed by atoms with Crippen LogP contribution in [0.2, 0.25) is 0 Å². The maximum atomic E-state index is 10.9. The first kappa shape index (κ1) is 12.2. The van der Waals surface area contributed by atoms with Gasteiger partial charge < -0.3 is 10.6 Å². The molecule has 0 fully saturated rings. The SMILES string of the molecule is CC(=O)Nc1cccc(NC(C)C)c1N=O. The second-order valence-electron chi connectivity index (χ2n) is 3.77. The predicted octanol–water partition coefficient (Wildman–Crippen LogP) is 2.86. The van der Waals surface area contributed by atoms with Crippen LogP contribution in [0.4, 0.5) is 17.1 Å². The topological polar surface area (TPSA) is 70.6 Å². The summed E-state index contributed by atoms with van der Waals surface area (Å²) in [6.45, 7) is 5.30. The first-order valence-electron chi connectivity index (χ1n) is 5.05. The summed E-state index contributed by atoms with van der Waals surface area (Å²) in [5.74, 6) is -0.230. The summed E-state index contributed by atoms with van der Waals surface area (Å²) in [6, 6.07) is 5.34. The summed E-state index contributed by atoms with van der Waals surface area (Å²) in [7, 11) is 0. The first-order valence-corrected chi connectivity index (χ1v) is 5.05. The summed E-state index contributed by atoms with van der Waals surface area (Å²) in [6.07, 6.45) is 0. The molecule has 1 amide bonds. The number of anilines is 2. The Kier molecular flexibility index (Phi) is 3.99. The lowest BCUT2D eigenvalue weighted by atomic mass is 10.2. The van der Waals surface area contributed by atoms with Gasteiger partial charge in [-0.1, -0.05) is 6.07 Å². The zero-order valence-electron chi connectivity index (χ0n) is 9.57. The molecule has 0 atom stereocenters. The highest BCUT2D eigenvalue weighted by atomic mass is 16.3. The monoisotopic (exact) mass is 221 g/mol. The van der Waals surface area contributed by atoms with Gasteiger partial charge in [-0.15, -0.1) is 4.91 Å². The van der Waals surface area contributed by atoms with Crippen molar-refractivity contribution in [2.24, 2.45) is 5.18 Å². The second kappa shape index (κ2) is 5.25. The van der Waals surface area contributed by atoms with E-state index in [0.29, 0.717) is 11.4 Å². The van der Waals surface area contributed by atoms with Crippen LogP contribution < -0.4 is 10.6 Å². The average molecular weight is 221 g/mol. The number of carbonyl (C=O) groups excluding carboxylic acids is 1. The van der Waals surface area contributed by atoms with E-state index in [4.69, 9.17) is 0 Å². The summed E-state index contributed by atoms with van der Waals surface area (Å²) in [5.41, 5.74) is 1.27. The van der Waals surface area contributed by atoms with Crippen molar-refractivity contribution in [3.8, 4) is 0 Å². The van der Waals surface area contributed by atoms with Crippen LogP contribution in [0.25, 0.3) is 0 Å². The molecule has 0 radical (unpaired) electrons. The van der Waals surface area contributed by atoms with E-state index in [1.807, 2.05) is 13.8 Å². The molecular formula is C11H15N3O2. The number of nitrogens with one attached hydrogen (secondary N) is 2. The van der Waals surface area contributed by atoms with Crippen molar-refractivity contribution in [3.63, 3.8) is 0 Å². The van der Waals surface area contributed by atoms with Gasteiger partial charge in [0.25, 0.3) is 0 Å². The van der Waals surface area contributed by atoms with Gasteiger partial charge in [-0.05, 0) is 31.2 Å². The van der Waals surface area contributed by atoms with Crippen LogP contribution in [0.3, 0.4) is 0 Å². The van der Waals surface area contributed by atoms with Crippen LogP contribution >= 0.6 is 0 Å². The third kappa shape index (κ3) is 3.05. The number of hydrogen-bond acceptors (Lipinski definition) is 4. The van der Waals surface area contributed by atoms with Crippen molar-refractivity contribution < 1.29 is 4.79 Å². The Morgan fingerprint density at radius 3 is 2.44 bits per heavy atom. The molecule has 2 N–H and O–H groups in total. The van der Waals surface area contributed by atoms with E-state index in [1.54, 1.807) is 18.2 Å². The van der Waals surface area contributed by atoms with E-state index >= 15 is 0 Å². The Morgan fingerprint density at radius 2 is 1.94 bits per heavy atom. The Labute approximate surface area is 94.2 Å². The Hall–Kier alpha value is -1.91. The maximum Gasteiger partial charge on any atom is 0.221 e. The fraction of sp³-hybridized carbons (Fsp3) is 0.364. The average Bonchev–Trinajstić information content (AvgIpc) is 2.16. The number of nitroso groups, excluding NO2 is 1. The molecule has 0 aromatic heterocycles. The van der Waals surface area contributed by atoms with Crippen LogP contribution in [-0.4, -0.2) is 11.9 Å². The molecule has 0 saturated carbocycles. The molecule has 0 spiro atoms. The van der Waals surface area contributed by atoms with Crippen molar-refractivity contribution in [2.45, 2.75) is 26.8 Å². The molecule has 1 rings (SSSR count). The molecule has 0 aliphatic heterocycles. The van der Waals surface area contributed by atoms with Crippen molar-refractivity contribution >= 4 is 23.0 Å². The summed E-state index contributed by atoms with van der Waals surface area (Å²) in [4.78, 5) is 21.7. The number of amides is 1. The fourth-order valence-corrected chi connectivity index (χ4v) is 1.36. The third-order valence-electron chi connectivity index (χ3n) is 1.88. The highest BCUT2D eigenvalue weighted by Gasteiger charge is 2.10. The van der Waals surface area contributed by atoms with Gasteiger partial charge in [0.05, 0.1) is 11.4 Å². The molecule has 0 aliphatic carbocycles. The van der Waals surface area contributed by atoms with Gasteiger partial charge in [0.15, 0.2) is 5.69 Å². The summed E-state index contributed by atoms with van der Waals surface area (Å²) >= 11 is 0. The molecule has 0 bridgehead atoms. The number of hydrogen-bond donors (Lipinski definition) is 2. The van der Waals surface area contributed by atoms with Gasteiger partial charge in [0.1, 0.15) is 0 Å². The van der Waals surface area contributed by atoms with Gasteiger partial charge in [0, 0.05) is 13.0 Å². The zero-order chi connectivity index (χ0) is 12.1. The van der Waals surface area contributed by atoms with Crippen molar-refractivity contribution in [2.75, 3.05) is 10.6 Å². The van der Waals surface area contributed by atoms with E-state index in [9.17, 15) is 9.70 Å². The molecule has 0 saturated heterocycles. The highest BCUT2D eigenvalue weighted by molar-refractivity contribution is 5.94. The van der Waals surface area contributed by atoms with Gasteiger partial charge in [0.2, 0.25) is 5.91 Å². The van der Waals surface area contributed by atoms with Crippen molar-refractivity contribution in [1.82, 2.24) is 0 Å². The van der Waals surface area contributed by atoms with Crippen molar-refractivity contribution in [1.29, 1.82) is 0 Å². The lowest BCUT2D eigenvalue weighted by Gasteiger charge is -2.13.